The molecule has 0 aliphatic carbocycles. The Morgan fingerprint density at radius 2 is 2.55 bits per heavy atom. The summed E-state index contributed by atoms with van der Waals surface area (Å²) in [4.78, 5) is 21.2. The molecule has 1 N–H and O–H groups in total. The highest BCUT2D eigenvalue weighted by Gasteiger charge is 2.15. The van der Waals surface area contributed by atoms with E-state index in [0.29, 0.717) is 11.4 Å². The Bertz CT molecular complexity index is 224. The number of ether oxygens (including phenoxy) is 1. The monoisotopic (exact) mass is 173 g/mol. The molecule has 0 aromatic rings. The summed E-state index contributed by atoms with van der Waals surface area (Å²) in [6.45, 7) is 0. The van der Waals surface area contributed by atoms with Gasteiger partial charge in [0.05, 0.1) is 7.11 Å². The predicted octanol–water partition coefficient (Wildman–Crippen LogP) is 0.500. The van der Waals surface area contributed by atoms with E-state index in [1.807, 2.05) is 0 Å². The lowest BCUT2D eigenvalue weighted by Crippen LogP contribution is -2.11. The Hall–Kier alpha value is -0.970. The predicted molar refractivity (Wildman–Crippen MR) is 41.1 cm³/mol. The first kappa shape index (κ1) is 8.13. The number of hydrogen-bond donors (Lipinski definition) is 1. The average Bonchev–Trinajstić information content (AvgIpc) is 2.35. The molecule has 5 heteroatoms. The van der Waals surface area contributed by atoms with Gasteiger partial charge in [0.2, 0.25) is 0 Å². The smallest absolute Gasteiger partial charge is 0.332 e. The first-order chi connectivity index (χ1) is 5.22. The highest BCUT2D eigenvalue weighted by Crippen LogP contribution is 2.15. The summed E-state index contributed by atoms with van der Waals surface area (Å²) in [5, 5.41) is 2.38. The van der Waals surface area contributed by atoms with Gasteiger partial charge in [0.25, 0.3) is 5.24 Å². The second-order valence-corrected chi connectivity index (χ2v) is 2.84. The van der Waals surface area contributed by atoms with Crippen LogP contribution in [0.25, 0.3) is 0 Å². The topological polar surface area (TPSA) is 55.4 Å². The number of amides is 1. The van der Waals surface area contributed by atoms with Crippen LogP contribution in [-0.2, 0) is 9.53 Å². The van der Waals surface area contributed by atoms with Gasteiger partial charge in [-0.25, -0.2) is 4.79 Å². The standard InChI is InChI=1S/C6H7NO3S/c1-10-5(8)2-4-3-11-6(9)7-4/h2H,3H2,1H3,(H,7,9)/b4-2+. The number of rotatable bonds is 1. The lowest BCUT2D eigenvalue weighted by molar-refractivity contribution is -0.134. The van der Waals surface area contributed by atoms with E-state index in [4.69, 9.17) is 0 Å². The maximum Gasteiger partial charge on any atom is 0.332 e. The van der Waals surface area contributed by atoms with Crippen molar-refractivity contribution >= 4 is 23.0 Å². The third kappa shape index (κ3) is 2.27. The summed E-state index contributed by atoms with van der Waals surface area (Å²) in [5.41, 5.74) is 0.604. The van der Waals surface area contributed by atoms with Gasteiger partial charge < -0.3 is 10.1 Å². The molecule has 1 saturated heterocycles. The summed E-state index contributed by atoms with van der Waals surface area (Å²) in [5.74, 6) is 0.0799. The molecule has 1 aliphatic rings. The zero-order chi connectivity index (χ0) is 8.27. The molecule has 60 valence electrons. The fourth-order valence-corrected chi connectivity index (χ4v) is 1.27. The van der Waals surface area contributed by atoms with Crippen LogP contribution in [0.4, 0.5) is 4.79 Å². The van der Waals surface area contributed by atoms with Gasteiger partial charge in [-0.1, -0.05) is 11.8 Å². The molecule has 4 nitrogen and oxygen atoms in total. The van der Waals surface area contributed by atoms with Crippen molar-refractivity contribution in [2.75, 3.05) is 12.9 Å². The molecular weight excluding hydrogens is 166 g/mol. The lowest BCUT2D eigenvalue weighted by atomic mass is 10.4. The molecule has 0 aromatic carbocycles. The van der Waals surface area contributed by atoms with Crippen LogP contribution in [0.3, 0.4) is 0 Å². The summed E-state index contributed by atoms with van der Waals surface area (Å²) < 4.78 is 4.37. The van der Waals surface area contributed by atoms with E-state index in [2.05, 4.69) is 10.1 Å². The van der Waals surface area contributed by atoms with E-state index < -0.39 is 5.97 Å². The van der Waals surface area contributed by atoms with Crippen molar-refractivity contribution in [2.24, 2.45) is 0 Å². The van der Waals surface area contributed by atoms with E-state index in [1.54, 1.807) is 0 Å². The molecule has 0 aromatic heterocycles. The van der Waals surface area contributed by atoms with Crippen LogP contribution < -0.4 is 5.32 Å². The molecule has 1 rings (SSSR count). The van der Waals surface area contributed by atoms with Crippen LogP contribution >= 0.6 is 11.8 Å². The molecule has 0 radical (unpaired) electrons. The van der Waals surface area contributed by atoms with Crippen LogP contribution in [0, 0.1) is 0 Å². The summed E-state index contributed by atoms with van der Waals surface area (Å²) in [6.07, 6.45) is 1.28. The van der Waals surface area contributed by atoms with Gasteiger partial charge in [0, 0.05) is 17.5 Å². The molecule has 1 amide bonds. The average molecular weight is 173 g/mol. The second-order valence-electron chi connectivity index (χ2n) is 1.89. The van der Waals surface area contributed by atoms with Gasteiger partial charge in [-0.15, -0.1) is 0 Å². The first-order valence-corrected chi connectivity index (χ1v) is 3.93. The zero-order valence-corrected chi connectivity index (χ0v) is 6.73. The van der Waals surface area contributed by atoms with Crippen LogP contribution in [-0.4, -0.2) is 24.1 Å². The molecule has 0 atom stereocenters. The maximum absolute atomic E-state index is 10.6. The number of hydrogen-bond acceptors (Lipinski definition) is 4. The molecule has 0 unspecified atom stereocenters. The number of nitrogens with one attached hydrogen (secondary N) is 1. The van der Waals surface area contributed by atoms with Crippen molar-refractivity contribution in [1.82, 2.24) is 5.32 Å². The third-order valence-electron chi connectivity index (χ3n) is 1.11. The van der Waals surface area contributed by atoms with Gasteiger partial charge in [-0.05, 0) is 0 Å². The highest BCUT2D eigenvalue weighted by molar-refractivity contribution is 8.14. The Morgan fingerprint density at radius 1 is 1.82 bits per heavy atom. The fourth-order valence-electron chi connectivity index (χ4n) is 0.625. The Balaban J connectivity index is 2.54. The van der Waals surface area contributed by atoms with Crippen molar-refractivity contribution in [2.45, 2.75) is 0 Å². The van der Waals surface area contributed by atoms with E-state index in [1.165, 1.54) is 13.2 Å². The maximum atomic E-state index is 10.6. The van der Waals surface area contributed by atoms with Crippen molar-refractivity contribution in [3.05, 3.63) is 11.8 Å². The van der Waals surface area contributed by atoms with Gasteiger partial charge >= 0.3 is 5.97 Å². The quantitative estimate of drug-likeness (QED) is 0.463. The van der Waals surface area contributed by atoms with Crippen molar-refractivity contribution < 1.29 is 14.3 Å². The number of carbonyl (C=O) groups is 2. The molecular formula is C6H7NO3S. The largest absolute Gasteiger partial charge is 0.466 e. The van der Waals surface area contributed by atoms with E-state index in [0.717, 1.165) is 11.8 Å². The highest BCUT2D eigenvalue weighted by atomic mass is 32.2. The third-order valence-corrected chi connectivity index (χ3v) is 1.93. The minimum Gasteiger partial charge on any atom is -0.466 e. The zero-order valence-electron chi connectivity index (χ0n) is 5.92. The normalized spacial score (nSPS) is 20.1. The van der Waals surface area contributed by atoms with Crippen molar-refractivity contribution in [3.8, 4) is 0 Å². The van der Waals surface area contributed by atoms with Crippen LogP contribution in [0.15, 0.2) is 11.8 Å². The van der Waals surface area contributed by atoms with Crippen LogP contribution in [0.5, 0.6) is 0 Å². The van der Waals surface area contributed by atoms with Gasteiger partial charge in [0.15, 0.2) is 0 Å². The molecule has 0 saturated carbocycles. The molecule has 1 heterocycles. The van der Waals surface area contributed by atoms with Crippen molar-refractivity contribution in [1.29, 1.82) is 0 Å². The molecule has 1 aliphatic heterocycles. The molecule has 0 bridgehead atoms. The SMILES string of the molecule is COC(=O)/C=C1\CSC(=O)N1. The van der Waals surface area contributed by atoms with Crippen LogP contribution in [0.2, 0.25) is 0 Å². The Labute approximate surface area is 68.0 Å². The Kier molecular flexibility index (Phi) is 2.53. The minimum absolute atomic E-state index is 0.125. The molecule has 1 fully saturated rings. The number of methoxy groups -OCH3 is 1. The van der Waals surface area contributed by atoms with Crippen molar-refractivity contribution in [3.63, 3.8) is 0 Å². The fraction of sp³-hybridized carbons (Fsp3) is 0.333. The molecule has 11 heavy (non-hydrogen) atoms. The van der Waals surface area contributed by atoms with Crippen LogP contribution in [0.1, 0.15) is 0 Å². The number of carbonyl (C=O) groups excluding carboxylic acids is 2. The van der Waals surface area contributed by atoms with Gasteiger partial charge in [-0.2, -0.15) is 0 Å². The molecule has 0 spiro atoms. The second kappa shape index (κ2) is 3.43. The lowest BCUT2D eigenvalue weighted by Gasteiger charge is -1.93. The summed E-state index contributed by atoms with van der Waals surface area (Å²) in [6, 6.07) is 0. The Morgan fingerprint density at radius 3 is 3.00 bits per heavy atom. The summed E-state index contributed by atoms with van der Waals surface area (Å²) in [7, 11) is 1.29. The van der Waals surface area contributed by atoms with E-state index in [9.17, 15) is 9.59 Å². The number of thioether (sulfide) groups is 1. The van der Waals surface area contributed by atoms with Gasteiger partial charge in [0.1, 0.15) is 0 Å². The van der Waals surface area contributed by atoms with Gasteiger partial charge in [-0.3, -0.25) is 4.79 Å². The minimum atomic E-state index is -0.442. The summed E-state index contributed by atoms with van der Waals surface area (Å²) >= 11 is 1.13. The first-order valence-electron chi connectivity index (χ1n) is 2.94. The number of esters is 1. The van der Waals surface area contributed by atoms with E-state index in [-0.39, 0.29) is 5.24 Å². The van der Waals surface area contributed by atoms with E-state index >= 15 is 0 Å².